The Hall–Kier alpha value is -1.91. The van der Waals surface area contributed by atoms with Crippen molar-refractivity contribution in [2.75, 3.05) is 19.0 Å². The molecule has 0 bridgehead atoms. The highest BCUT2D eigenvalue weighted by Crippen LogP contribution is 2.39. The van der Waals surface area contributed by atoms with Gasteiger partial charge in [0.15, 0.2) is 5.54 Å². The van der Waals surface area contributed by atoms with E-state index < -0.39 is 11.5 Å². The second-order valence-corrected chi connectivity index (χ2v) is 3.88. The zero-order valence-electron chi connectivity index (χ0n) is 9.11. The Bertz CT molecular complexity index is 418. The Kier molecular flexibility index (Phi) is 2.38. The summed E-state index contributed by atoms with van der Waals surface area (Å²) in [4.78, 5) is 11.1. The molecule has 2 N–H and O–H groups in total. The number of carboxylic acids is 1. The highest BCUT2D eigenvalue weighted by molar-refractivity contribution is 5.85. The first kappa shape index (κ1) is 10.6. The van der Waals surface area contributed by atoms with Gasteiger partial charge in [-0.1, -0.05) is 6.07 Å². The van der Waals surface area contributed by atoms with Crippen molar-refractivity contribution in [3.05, 3.63) is 18.2 Å². The number of benzene rings is 1. The number of rotatable bonds is 2. The summed E-state index contributed by atoms with van der Waals surface area (Å²) in [5.74, 6) is 0.229. The summed E-state index contributed by atoms with van der Waals surface area (Å²) < 4.78 is 10.6. The van der Waals surface area contributed by atoms with Crippen LogP contribution in [-0.4, -0.2) is 30.3 Å². The van der Waals surface area contributed by atoms with Crippen LogP contribution in [0, 0.1) is 0 Å². The minimum Gasteiger partial charge on any atom is -0.494 e. The van der Waals surface area contributed by atoms with E-state index in [2.05, 4.69) is 5.32 Å². The molecule has 1 aliphatic heterocycles. The van der Waals surface area contributed by atoms with Gasteiger partial charge < -0.3 is 19.9 Å². The second kappa shape index (κ2) is 3.59. The van der Waals surface area contributed by atoms with E-state index in [1.807, 2.05) is 0 Å². The molecule has 0 saturated heterocycles. The SMILES string of the molecule is COc1cccc2c1NC(C)(C(=O)O)CO2. The lowest BCUT2D eigenvalue weighted by atomic mass is 10.0. The van der Waals surface area contributed by atoms with Crippen LogP contribution in [0.3, 0.4) is 0 Å². The molecule has 1 heterocycles. The Morgan fingerprint density at radius 1 is 1.62 bits per heavy atom. The van der Waals surface area contributed by atoms with Crippen LogP contribution >= 0.6 is 0 Å². The number of methoxy groups -OCH3 is 1. The van der Waals surface area contributed by atoms with Gasteiger partial charge >= 0.3 is 5.97 Å². The summed E-state index contributed by atoms with van der Waals surface area (Å²) in [5.41, 5.74) is -0.539. The molecule has 1 atom stereocenters. The van der Waals surface area contributed by atoms with E-state index in [0.29, 0.717) is 17.2 Å². The van der Waals surface area contributed by atoms with Gasteiger partial charge in [-0.2, -0.15) is 0 Å². The minimum atomic E-state index is -1.12. The zero-order chi connectivity index (χ0) is 11.8. The van der Waals surface area contributed by atoms with Crippen LogP contribution in [0.25, 0.3) is 0 Å². The Morgan fingerprint density at radius 3 is 3.00 bits per heavy atom. The standard InChI is InChI=1S/C11H13NO4/c1-11(10(13)14)6-16-8-5-3-4-7(15-2)9(8)12-11/h3-5,12H,6H2,1-2H3,(H,13,14). The zero-order valence-corrected chi connectivity index (χ0v) is 9.11. The predicted molar refractivity (Wildman–Crippen MR) is 58.2 cm³/mol. The van der Waals surface area contributed by atoms with Crippen LogP contribution in [0.4, 0.5) is 5.69 Å². The molecule has 0 amide bonds. The lowest BCUT2D eigenvalue weighted by Gasteiger charge is -2.33. The fourth-order valence-corrected chi connectivity index (χ4v) is 1.57. The van der Waals surface area contributed by atoms with E-state index in [-0.39, 0.29) is 6.61 Å². The average Bonchev–Trinajstić information content (AvgIpc) is 2.28. The van der Waals surface area contributed by atoms with Crippen LogP contribution in [-0.2, 0) is 4.79 Å². The van der Waals surface area contributed by atoms with Crippen molar-refractivity contribution >= 4 is 11.7 Å². The molecule has 0 radical (unpaired) electrons. The molecular formula is C11H13NO4. The molecule has 16 heavy (non-hydrogen) atoms. The van der Waals surface area contributed by atoms with Gasteiger partial charge in [-0.3, -0.25) is 0 Å². The van der Waals surface area contributed by atoms with Gasteiger partial charge in [0.05, 0.1) is 7.11 Å². The summed E-state index contributed by atoms with van der Waals surface area (Å²) in [6, 6.07) is 5.32. The third-order valence-corrected chi connectivity index (χ3v) is 2.60. The summed E-state index contributed by atoms with van der Waals surface area (Å²) in [5, 5.41) is 12.0. The monoisotopic (exact) mass is 223 g/mol. The number of anilines is 1. The number of carbonyl (C=O) groups is 1. The number of para-hydroxylation sites is 1. The third kappa shape index (κ3) is 1.54. The van der Waals surface area contributed by atoms with Crippen molar-refractivity contribution in [3.63, 3.8) is 0 Å². The van der Waals surface area contributed by atoms with E-state index in [0.717, 1.165) is 0 Å². The summed E-state index contributed by atoms with van der Waals surface area (Å²) in [7, 11) is 1.53. The fraction of sp³-hybridized carbons (Fsp3) is 0.364. The number of ether oxygens (including phenoxy) is 2. The van der Waals surface area contributed by atoms with E-state index in [4.69, 9.17) is 14.6 Å². The average molecular weight is 223 g/mol. The number of carboxylic acid groups (broad SMARTS) is 1. The normalized spacial score (nSPS) is 22.6. The van der Waals surface area contributed by atoms with E-state index in [1.54, 1.807) is 25.1 Å². The molecule has 1 unspecified atom stereocenters. The molecule has 0 saturated carbocycles. The first-order valence-electron chi connectivity index (χ1n) is 4.88. The highest BCUT2D eigenvalue weighted by Gasteiger charge is 2.39. The van der Waals surface area contributed by atoms with Gasteiger partial charge in [-0.15, -0.1) is 0 Å². The van der Waals surface area contributed by atoms with E-state index >= 15 is 0 Å². The lowest BCUT2D eigenvalue weighted by molar-refractivity contribution is -0.143. The van der Waals surface area contributed by atoms with E-state index in [9.17, 15) is 4.79 Å². The summed E-state index contributed by atoms with van der Waals surface area (Å²) >= 11 is 0. The van der Waals surface area contributed by atoms with Gasteiger partial charge in [-0.05, 0) is 19.1 Å². The van der Waals surface area contributed by atoms with Crippen LogP contribution in [0.5, 0.6) is 11.5 Å². The first-order chi connectivity index (χ1) is 7.57. The molecule has 0 aromatic heterocycles. The highest BCUT2D eigenvalue weighted by atomic mass is 16.5. The Morgan fingerprint density at radius 2 is 2.38 bits per heavy atom. The number of hydrogen-bond donors (Lipinski definition) is 2. The van der Waals surface area contributed by atoms with Gasteiger partial charge in [0, 0.05) is 0 Å². The molecule has 0 fully saturated rings. The number of hydrogen-bond acceptors (Lipinski definition) is 4. The van der Waals surface area contributed by atoms with Crippen molar-refractivity contribution in [1.29, 1.82) is 0 Å². The molecule has 0 spiro atoms. The first-order valence-corrected chi connectivity index (χ1v) is 4.88. The summed E-state index contributed by atoms with van der Waals surface area (Å²) in [6.45, 7) is 1.66. The van der Waals surface area contributed by atoms with Crippen LogP contribution < -0.4 is 14.8 Å². The maximum atomic E-state index is 11.1. The van der Waals surface area contributed by atoms with E-state index in [1.165, 1.54) is 7.11 Å². The third-order valence-electron chi connectivity index (χ3n) is 2.60. The van der Waals surface area contributed by atoms with Crippen LogP contribution in [0.15, 0.2) is 18.2 Å². The van der Waals surface area contributed by atoms with Gasteiger partial charge in [0.1, 0.15) is 23.8 Å². The molecule has 1 aromatic carbocycles. The number of aliphatic carboxylic acids is 1. The van der Waals surface area contributed by atoms with Crippen LogP contribution in [0.2, 0.25) is 0 Å². The molecule has 1 aliphatic rings. The fourth-order valence-electron chi connectivity index (χ4n) is 1.57. The maximum absolute atomic E-state index is 11.1. The van der Waals surface area contributed by atoms with Crippen molar-refractivity contribution in [2.45, 2.75) is 12.5 Å². The van der Waals surface area contributed by atoms with Crippen molar-refractivity contribution in [1.82, 2.24) is 0 Å². The Labute approximate surface area is 93.0 Å². The van der Waals surface area contributed by atoms with Gasteiger partial charge in [-0.25, -0.2) is 4.79 Å². The number of fused-ring (bicyclic) bond motifs is 1. The molecule has 86 valence electrons. The topological polar surface area (TPSA) is 67.8 Å². The van der Waals surface area contributed by atoms with Crippen molar-refractivity contribution in [3.8, 4) is 11.5 Å². The predicted octanol–water partition coefficient (Wildman–Crippen LogP) is 1.34. The van der Waals surface area contributed by atoms with Crippen molar-refractivity contribution < 1.29 is 19.4 Å². The minimum absolute atomic E-state index is 0.0858. The van der Waals surface area contributed by atoms with Gasteiger partial charge in [0.25, 0.3) is 0 Å². The van der Waals surface area contributed by atoms with Crippen LogP contribution in [0.1, 0.15) is 6.92 Å². The maximum Gasteiger partial charge on any atom is 0.332 e. The Balaban J connectivity index is 2.42. The smallest absolute Gasteiger partial charge is 0.332 e. The lowest BCUT2D eigenvalue weighted by Crippen LogP contribution is -2.50. The summed E-state index contributed by atoms with van der Waals surface area (Å²) in [6.07, 6.45) is 0. The number of nitrogens with one attached hydrogen (secondary N) is 1. The quantitative estimate of drug-likeness (QED) is 0.792. The largest absolute Gasteiger partial charge is 0.494 e. The molecular weight excluding hydrogens is 210 g/mol. The second-order valence-electron chi connectivity index (χ2n) is 3.88. The molecule has 5 heteroatoms. The molecule has 1 aromatic rings. The molecule has 0 aliphatic carbocycles. The van der Waals surface area contributed by atoms with Gasteiger partial charge in [0.2, 0.25) is 0 Å². The molecule has 2 rings (SSSR count). The molecule has 5 nitrogen and oxygen atoms in total. The van der Waals surface area contributed by atoms with Crippen molar-refractivity contribution in [2.24, 2.45) is 0 Å².